The van der Waals surface area contributed by atoms with Crippen molar-refractivity contribution in [1.82, 2.24) is 19.7 Å². The molecule has 2 heterocycles. The van der Waals surface area contributed by atoms with Crippen LogP contribution in [-0.2, 0) is 17.8 Å². The van der Waals surface area contributed by atoms with Gasteiger partial charge in [-0.2, -0.15) is 0 Å². The fourth-order valence-electron chi connectivity index (χ4n) is 1.49. The van der Waals surface area contributed by atoms with Crippen molar-refractivity contribution in [2.45, 2.75) is 39.5 Å². The molecule has 0 N–H and O–H groups in total. The molecule has 0 spiro atoms. The monoisotopic (exact) mass is 223 g/mol. The van der Waals surface area contributed by atoms with E-state index in [2.05, 4.69) is 16.5 Å². The van der Waals surface area contributed by atoms with Gasteiger partial charge >= 0.3 is 6.09 Å². The number of nitrogens with zero attached hydrogens (tertiary/aromatic N) is 4. The average Bonchev–Trinajstić information content (AvgIpc) is 2.61. The molecule has 0 saturated heterocycles. The largest absolute Gasteiger partial charge is 0.444 e. The standard InChI is InChI=1S/C10H15N4O2/c1-10(2,3)16-9(15)13-4-5-14-7-11-12-8(14)6-13/h4-6H2,1-3H3. The second kappa shape index (κ2) is 3.77. The van der Waals surface area contributed by atoms with Gasteiger partial charge in [-0.1, -0.05) is 0 Å². The average molecular weight is 223 g/mol. The van der Waals surface area contributed by atoms with Crippen molar-refractivity contribution in [3.05, 3.63) is 12.2 Å². The molecular formula is C10H15N4O2. The van der Waals surface area contributed by atoms with E-state index in [1.54, 1.807) is 4.90 Å². The molecule has 1 amide bonds. The number of carbonyl (C=O) groups is 1. The van der Waals surface area contributed by atoms with Gasteiger partial charge in [0.25, 0.3) is 0 Å². The van der Waals surface area contributed by atoms with Gasteiger partial charge in [-0.15, -0.1) is 10.2 Å². The van der Waals surface area contributed by atoms with Crippen LogP contribution in [0.2, 0.25) is 0 Å². The van der Waals surface area contributed by atoms with Gasteiger partial charge in [0.05, 0.1) is 6.54 Å². The summed E-state index contributed by atoms with van der Waals surface area (Å²) in [6.07, 6.45) is 2.44. The molecule has 0 fully saturated rings. The van der Waals surface area contributed by atoms with Crippen LogP contribution in [0.5, 0.6) is 0 Å². The van der Waals surface area contributed by atoms with Crippen LogP contribution in [0.25, 0.3) is 0 Å². The fraction of sp³-hybridized carbons (Fsp3) is 0.700. The molecule has 0 aromatic carbocycles. The van der Waals surface area contributed by atoms with Gasteiger partial charge in [0.15, 0.2) is 5.82 Å². The number of aromatic nitrogens is 3. The third-order valence-electron chi connectivity index (χ3n) is 2.22. The van der Waals surface area contributed by atoms with Crippen molar-refractivity contribution in [3.8, 4) is 0 Å². The number of rotatable bonds is 0. The second-order valence-electron chi connectivity index (χ2n) is 4.77. The number of carbonyl (C=O) groups excluding carboxylic acids is 1. The van der Waals surface area contributed by atoms with Crippen LogP contribution in [0, 0.1) is 6.33 Å². The Balaban J connectivity index is 2.01. The van der Waals surface area contributed by atoms with Crippen LogP contribution < -0.4 is 0 Å². The fourth-order valence-corrected chi connectivity index (χ4v) is 1.49. The molecule has 1 aliphatic rings. The SMILES string of the molecule is CC(C)(C)OC(=O)N1CCn2[c]nnc2C1. The van der Waals surface area contributed by atoms with Gasteiger partial charge in [-0.05, 0) is 20.8 Å². The van der Waals surface area contributed by atoms with Gasteiger partial charge < -0.3 is 9.30 Å². The number of hydrogen-bond acceptors (Lipinski definition) is 4. The van der Waals surface area contributed by atoms with E-state index >= 15 is 0 Å². The van der Waals surface area contributed by atoms with Crippen molar-refractivity contribution in [1.29, 1.82) is 0 Å². The third kappa shape index (κ3) is 2.32. The third-order valence-corrected chi connectivity index (χ3v) is 2.22. The molecule has 1 radical (unpaired) electrons. The lowest BCUT2D eigenvalue weighted by atomic mass is 10.2. The minimum atomic E-state index is -0.464. The maximum Gasteiger partial charge on any atom is 0.410 e. The highest BCUT2D eigenvalue weighted by Crippen LogP contribution is 2.14. The number of fused-ring (bicyclic) bond motifs is 1. The first-order chi connectivity index (χ1) is 7.46. The predicted molar refractivity (Wildman–Crippen MR) is 55.5 cm³/mol. The summed E-state index contributed by atoms with van der Waals surface area (Å²) >= 11 is 0. The van der Waals surface area contributed by atoms with Crippen molar-refractivity contribution in [2.24, 2.45) is 0 Å². The van der Waals surface area contributed by atoms with E-state index in [1.807, 2.05) is 25.3 Å². The Morgan fingerprint density at radius 2 is 2.19 bits per heavy atom. The number of ether oxygens (including phenoxy) is 1. The first-order valence-corrected chi connectivity index (χ1v) is 5.23. The maximum absolute atomic E-state index is 11.8. The molecule has 87 valence electrons. The van der Waals surface area contributed by atoms with E-state index in [-0.39, 0.29) is 6.09 Å². The van der Waals surface area contributed by atoms with Crippen LogP contribution >= 0.6 is 0 Å². The van der Waals surface area contributed by atoms with Gasteiger partial charge in [0.2, 0.25) is 6.33 Å². The second-order valence-corrected chi connectivity index (χ2v) is 4.77. The number of hydrogen-bond donors (Lipinski definition) is 0. The highest BCUT2D eigenvalue weighted by atomic mass is 16.6. The van der Waals surface area contributed by atoms with E-state index in [0.29, 0.717) is 19.6 Å². The number of amides is 1. The lowest BCUT2D eigenvalue weighted by Gasteiger charge is -2.29. The molecule has 6 nitrogen and oxygen atoms in total. The molecule has 2 rings (SSSR count). The quantitative estimate of drug-likeness (QED) is 0.653. The van der Waals surface area contributed by atoms with Crippen molar-refractivity contribution >= 4 is 6.09 Å². The van der Waals surface area contributed by atoms with Crippen LogP contribution in [0.3, 0.4) is 0 Å². The van der Waals surface area contributed by atoms with Gasteiger partial charge in [0.1, 0.15) is 5.60 Å². The molecule has 0 aliphatic carbocycles. The Kier molecular flexibility index (Phi) is 2.57. The summed E-state index contributed by atoms with van der Waals surface area (Å²) in [4.78, 5) is 13.4. The van der Waals surface area contributed by atoms with Crippen molar-refractivity contribution < 1.29 is 9.53 Å². The van der Waals surface area contributed by atoms with Gasteiger partial charge in [-0.3, -0.25) is 4.90 Å². The molecule has 0 atom stereocenters. The molecule has 16 heavy (non-hydrogen) atoms. The van der Waals surface area contributed by atoms with Crippen LogP contribution in [0.1, 0.15) is 26.6 Å². The van der Waals surface area contributed by atoms with Crippen molar-refractivity contribution in [2.75, 3.05) is 6.54 Å². The predicted octanol–water partition coefficient (Wildman–Crippen LogP) is 0.829. The zero-order valence-corrected chi connectivity index (χ0v) is 9.73. The summed E-state index contributed by atoms with van der Waals surface area (Å²) in [6.45, 7) is 7.27. The topological polar surface area (TPSA) is 60.2 Å². The van der Waals surface area contributed by atoms with E-state index < -0.39 is 5.60 Å². The minimum absolute atomic E-state index is 0.304. The first kappa shape index (κ1) is 10.9. The van der Waals surface area contributed by atoms with Gasteiger partial charge in [0, 0.05) is 13.1 Å². The Bertz CT molecular complexity index is 394. The molecule has 0 saturated carbocycles. The first-order valence-electron chi connectivity index (χ1n) is 5.23. The molecule has 1 aromatic heterocycles. The lowest BCUT2D eigenvalue weighted by Crippen LogP contribution is -2.41. The summed E-state index contributed by atoms with van der Waals surface area (Å²) < 4.78 is 7.11. The minimum Gasteiger partial charge on any atom is -0.444 e. The summed E-state index contributed by atoms with van der Waals surface area (Å²) in [5.41, 5.74) is -0.464. The zero-order chi connectivity index (χ0) is 11.8. The van der Waals surface area contributed by atoms with E-state index in [9.17, 15) is 4.79 Å². The van der Waals surface area contributed by atoms with E-state index in [1.165, 1.54) is 0 Å². The Labute approximate surface area is 94.2 Å². The normalized spacial score (nSPS) is 15.8. The maximum atomic E-state index is 11.8. The lowest BCUT2D eigenvalue weighted by molar-refractivity contribution is 0.0195. The zero-order valence-electron chi connectivity index (χ0n) is 9.73. The summed E-state index contributed by atoms with van der Waals surface area (Å²) in [7, 11) is 0. The Morgan fingerprint density at radius 3 is 2.88 bits per heavy atom. The Morgan fingerprint density at radius 1 is 1.44 bits per heavy atom. The smallest absolute Gasteiger partial charge is 0.410 e. The van der Waals surface area contributed by atoms with Crippen LogP contribution in [-0.4, -0.2) is 37.9 Å². The van der Waals surface area contributed by atoms with Crippen LogP contribution in [0.4, 0.5) is 4.79 Å². The molecule has 0 unspecified atom stereocenters. The Hall–Kier alpha value is -1.59. The van der Waals surface area contributed by atoms with E-state index in [4.69, 9.17) is 4.74 Å². The van der Waals surface area contributed by atoms with E-state index in [0.717, 1.165) is 5.82 Å². The molecule has 1 aliphatic heterocycles. The summed E-state index contributed by atoms with van der Waals surface area (Å²) in [5, 5.41) is 7.58. The highest BCUT2D eigenvalue weighted by molar-refractivity contribution is 5.68. The molecule has 6 heteroatoms. The molecule has 0 bridgehead atoms. The highest BCUT2D eigenvalue weighted by Gasteiger charge is 2.26. The summed E-state index contributed by atoms with van der Waals surface area (Å²) in [5.74, 6) is 0.747. The molecular weight excluding hydrogens is 208 g/mol. The summed E-state index contributed by atoms with van der Waals surface area (Å²) in [6, 6.07) is 0. The van der Waals surface area contributed by atoms with Gasteiger partial charge in [-0.25, -0.2) is 4.79 Å². The van der Waals surface area contributed by atoms with Crippen molar-refractivity contribution in [3.63, 3.8) is 0 Å². The molecule has 1 aromatic rings. The van der Waals surface area contributed by atoms with Crippen LogP contribution in [0.15, 0.2) is 0 Å².